The van der Waals surface area contributed by atoms with Crippen molar-refractivity contribution < 1.29 is 19.4 Å². The Labute approximate surface area is 175 Å². The maximum absolute atomic E-state index is 11.8. The first kappa shape index (κ1) is 20.9. The normalized spacial score (nSPS) is 46.2. The summed E-state index contributed by atoms with van der Waals surface area (Å²) < 4.78 is 5.53. The minimum absolute atomic E-state index is 0.0930. The van der Waals surface area contributed by atoms with Gasteiger partial charge in [0.1, 0.15) is 12.5 Å². The highest BCUT2D eigenvalue weighted by Crippen LogP contribution is 2.68. The van der Waals surface area contributed by atoms with Gasteiger partial charge >= 0.3 is 11.9 Å². The van der Waals surface area contributed by atoms with Gasteiger partial charge in [0.25, 0.3) is 0 Å². The van der Waals surface area contributed by atoms with Crippen LogP contribution in [0, 0.1) is 40.4 Å². The second-order valence-electron chi connectivity index (χ2n) is 11.1. The Hall–Kier alpha value is -1.32. The lowest BCUT2D eigenvalue weighted by molar-refractivity contribution is -0.165. The van der Waals surface area contributed by atoms with Crippen molar-refractivity contribution in [3.8, 4) is 0 Å². The quantitative estimate of drug-likeness (QED) is 0.377. The molecule has 0 saturated heterocycles. The number of carbonyl (C=O) groups is 2. The molecule has 0 aromatic heterocycles. The third kappa shape index (κ3) is 3.45. The van der Waals surface area contributed by atoms with E-state index in [2.05, 4.69) is 27.4 Å². The van der Waals surface area contributed by atoms with Crippen molar-refractivity contribution in [2.75, 3.05) is 0 Å². The molecule has 162 valence electrons. The predicted octanol–water partition coefficient (Wildman–Crippen LogP) is 5.61. The van der Waals surface area contributed by atoms with Gasteiger partial charge in [0.2, 0.25) is 0 Å². The van der Waals surface area contributed by atoms with Crippen LogP contribution in [0.25, 0.3) is 0 Å². The second kappa shape index (κ2) is 7.42. The summed E-state index contributed by atoms with van der Waals surface area (Å²) in [6.45, 7) is 11.6. The van der Waals surface area contributed by atoms with Crippen LogP contribution in [-0.4, -0.2) is 23.1 Å². The van der Waals surface area contributed by atoms with E-state index in [1.165, 1.54) is 44.1 Å². The van der Waals surface area contributed by atoms with Crippen LogP contribution in [0.1, 0.15) is 85.0 Å². The molecule has 0 bridgehead atoms. The van der Waals surface area contributed by atoms with Crippen molar-refractivity contribution in [2.45, 2.75) is 91.1 Å². The van der Waals surface area contributed by atoms with E-state index in [1.54, 1.807) is 0 Å². The number of aliphatic carboxylic acids is 1. The molecule has 4 fully saturated rings. The summed E-state index contributed by atoms with van der Waals surface area (Å²) >= 11 is 0. The van der Waals surface area contributed by atoms with Gasteiger partial charge in [0.15, 0.2) is 0 Å². The Morgan fingerprint density at radius 3 is 2.38 bits per heavy atom. The molecule has 0 aliphatic heterocycles. The minimum atomic E-state index is -1.11. The van der Waals surface area contributed by atoms with Crippen LogP contribution >= 0.6 is 0 Å². The minimum Gasteiger partial charge on any atom is -0.481 e. The number of esters is 1. The van der Waals surface area contributed by atoms with Gasteiger partial charge in [-0.15, -0.1) is 0 Å². The zero-order chi connectivity index (χ0) is 21.0. The summed E-state index contributed by atoms with van der Waals surface area (Å²) in [5, 5.41) is 8.81. The molecule has 0 aromatic rings. The highest BCUT2D eigenvalue weighted by Gasteiger charge is 2.60. The molecule has 0 radical (unpaired) electrons. The van der Waals surface area contributed by atoms with Crippen LogP contribution in [0.5, 0.6) is 0 Å². The van der Waals surface area contributed by atoms with Gasteiger partial charge in [-0.1, -0.05) is 26.0 Å². The molecule has 4 aliphatic carbocycles. The number of carboxylic acids is 1. The lowest BCUT2D eigenvalue weighted by Gasteiger charge is -2.61. The molecular weight excluding hydrogens is 364 g/mol. The van der Waals surface area contributed by atoms with Gasteiger partial charge < -0.3 is 9.84 Å². The second-order valence-corrected chi connectivity index (χ2v) is 11.1. The average Bonchev–Trinajstić information content (AvgIpc) is 2.98. The SMILES string of the molecule is C=C(C)[C@H]1CC[C@H]2[C@@H]3CC[C@@H]4C[C@H](OC(=O)CC(=O)O)CC[C@]4(C)[C@H]3CC[C@]12C. The molecule has 1 N–H and O–H groups in total. The highest BCUT2D eigenvalue weighted by molar-refractivity contribution is 5.90. The number of rotatable bonds is 4. The van der Waals surface area contributed by atoms with Gasteiger partial charge in [-0.3, -0.25) is 9.59 Å². The Morgan fingerprint density at radius 1 is 1.00 bits per heavy atom. The number of carbonyl (C=O) groups excluding carboxylic acids is 1. The van der Waals surface area contributed by atoms with Gasteiger partial charge in [0, 0.05) is 0 Å². The topological polar surface area (TPSA) is 63.6 Å². The zero-order valence-corrected chi connectivity index (χ0v) is 18.4. The molecule has 4 saturated carbocycles. The van der Waals surface area contributed by atoms with Crippen molar-refractivity contribution in [3.05, 3.63) is 12.2 Å². The van der Waals surface area contributed by atoms with E-state index < -0.39 is 18.4 Å². The van der Waals surface area contributed by atoms with Gasteiger partial charge in [-0.25, -0.2) is 0 Å². The first-order chi connectivity index (χ1) is 13.6. The van der Waals surface area contributed by atoms with Crippen molar-refractivity contribution in [3.63, 3.8) is 0 Å². The van der Waals surface area contributed by atoms with Crippen LogP contribution < -0.4 is 0 Å². The van der Waals surface area contributed by atoms with E-state index in [4.69, 9.17) is 9.84 Å². The molecule has 4 heteroatoms. The molecule has 4 rings (SSSR count). The monoisotopic (exact) mass is 402 g/mol. The lowest BCUT2D eigenvalue weighted by atomic mass is 9.44. The van der Waals surface area contributed by atoms with Crippen LogP contribution in [0.2, 0.25) is 0 Å². The third-order valence-corrected chi connectivity index (χ3v) is 9.81. The van der Waals surface area contributed by atoms with E-state index in [1.807, 2.05) is 0 Å². The molecular formula is C25H38O4. The van der Waals surface area contributed by atoms with E-state index in [-0.39, 0.29) is 6.10 Å². The van der Waals surface area contributed by atoms with E-state index >= 15 is 0 Å². The van der Waals surface area contributed by atoms with Crippen LogP contribution in [0.3, 0.4) is 0 Å². The first-order valence-electron chi connectivity index (χ1n) is 11.7. The largest absolute Gasteiger partial charge is 0.481 e. The summed E-state index contributed by atoms with van der Waals surface area (Å²) in [6.07, 6.45) is 10.2. The molecule has 4 aliphatic rings. The summed E-state index contributed by atoms with van der Waals surface area (Å²) in [7, 11) is 0. The molecule has 4 nitrogen and oxygen atoms in total. The Kier molecular flexibility index (Phi) is 5.36. The molecule has 8 atom stereocenters. The summed E-state index contributed by atoms with van der Waals surface area (Å²) in [4.78, 5) is 22.6. The summed E-state index contributed by atoms with van der Waals surface area (Å²) in [5.74, 6) is 2.08. The summed E-state index contributed by atoms with van der Waals surface area (Å²) in [5.41, 5.74) is 2.18. The molecule has 0 aromatic carbocycles. The Bertz CT molecular complexity index is 699. The third-order valence-electron chi connectivity index (χ3n) is 9.81. The molecule has 29 heavy (non-hydrogen) atoms. The molecule has 0 spiro atoms. The molecule has 0 heterocycles. The fraction of sp³-hybridized carbons (Fsp3) is 0.840. The molecule has 0 amide bonds. The van der Waals surface area contributed by atoms with Gasteiger partial charge in [-0.2, -0.15) is 0 Å². The number of hydrogen-bond acceptors (Lipinski definition) is 3. The maximum atomic E-state index is 11.8. The van der Waals surface area contributed by atoms with E-state index in [0.717, 1.165) is 37.0 Å². The van der Waals surface area contributed by atoms with Gasteiger partial charge in [-0.05, 0) is 105 Å². The van der Waals surface area contributed by atoms with Crippen molar-refractivity contribution >= 4 is 11.9 Å². The number of carboxylic acid groups (broad SMARTS) is 1. The first-order valence-corrected chi connectivity index (χ1v) is 11.7. The van der Waals surface area contributed by atoms with Crippen LogP contribution in [0.4, 0.5) is 0 Å². The zero-order valence-electron chi connectivity index (χ0n) is 18.4. The number of allylic oxidation sites excluding steroid dienone is 1. The fourth-order valence-corrected chi connectivity index (χ4v) is 8.49. The fourth-order valence-electron chi connectivity index (χ4n) is 8.49. The van der Waals surface area contributed by atoms with Crippen molar-refractivity contribution in [1.82, 2.24) is 0 Å². The lowest BCUT2D eigenvalue weighted by Crippen LogP contribution is -2.54. The number of ether oxygens (including phenoxy) is 1. The number of fused-ring (bicyclic) bond motifs is 5. The Morgan fingerprint density at radius 2 is 1.69 bits per heavy atom. The average molecular weight is 403 g/mol. The van der Waals surface area contributed by atoms with E-state index in [9.17, 15) is 9.59 Å². The highest BCUT2D eigenvalue weighted by atomic mass is 16.5. The Balaban J connectivity index is 1.46. The van der Waals surface area contributed by atoms with Crippen LogP contribution in [-0.2, 0) is 14.3 Å². The van der Waals surface area contributed by atoms with Crippen molar-refractivity contribution in [1.29, 1.82) is 0 Å². The van der Waals surface area contributed by atoms with Crippen LogP contribution in [0.15, 0.2) is 12.2 Å². The maximum Gasteiger partial charge on any atom is 0.317 e. The standard InChI is InChI=1S/C25H38O4/c1-15(2)19-7-8-20-18-6-5-16-13-17(29-23(28)14-22(26)27)9-11-24(16,3)21(18)10-12-25(19,20)4/h16-21H,1,5-14H2,2-4H3,(H,26,27)/t16-,17-,18+,19-,20+,21+,24+,25-/m1/s1. The number of hydrogen-bond donors (Lipinski definition) is 1. The smallest absolute Gasteiger partial charge is 0.317 e. The van der Waals surface area contributed by atoms with Gasteiger partial charge in [0.05, 0.1) is 0 Å². The molecule has 0 unspecified atom stereocenters. The van der Waals surface area contributed by atoms with E-state index in [0.29, 0.717) is 22.7 Å². The predicted molar refractivity (Wildman–Crippen MR) is 112 cm³/mol. The van der Waals surface area contributed by atoms with Crippen molar-refractivity contribution in [2.24, 2.45) is 40.4 Å². The summed E-state index contributed by atoms with van der Waals surface area (Å²) in [6, 6.07) is 0.